The average Bonchev–Trinajstić information content (AvgIpc) is 3.08. The summed E-state index contributed by atoms with van der Waals surface area (Å²) in [5.74, 6) is 0.486. The highest BCUT2D eigenvalue weighted by Gasteiger charge is 2.67. The van der Waals surface area contributed by atoms with Gasteiger partial charge in [-0.25, -0.2) is 0 Å². The highest BCUT2D eigenvalue weighted by molar-refractivity contribution is 5.82. The SMILES string of the molecule is CCCN(CCC)CCC(C)(C)OCCC(C)(C)N1CCC(C(C)(C)CC2(C)CC2(C)C(C)(C)C)C1=O. The molecule has 4 heteroatoms. The Morgan fingerprint density at radius 2 is 1.49 bits per heavy atom. The molecule has 0 aromatic rings. The molecule has 1 saturated carbocycles. The fraction of sp³-hybridized carbons (Fsp3) is 0.970. The first-order valence-electron chi connectivity index (χ1n) is 15.4. The normalized spacial score (nSPS) is 27.5. The molecule has 3 atom stereocenters. The minimum absolute atomic E-state index is 0.0149. The summed E-state index contributed by atoms with van der Waals surface area (Å²) < 4.78 is 6.43. The van der Waals surface area contributed by atoms with Crippen molar-refractivity contribution < 1.29 is 9.53 Å². The molecular weight excluding hydrogens is 456 g/mol. The maximum Gasteiger partial charge on any atom is 0.226 e. The monoisotopic (exact) mass is 520 g/mol. The van der Waals surface area contributed by atoms with Gasteiger partial charge in [0.25, 0.3) is 0 Å². The summed E-state index contributed by atoms with van der Waals surface area (Å²) in [5, 5.41) is 0. The molecule has 2 rings (SSSR count). The van der Waals surface area contributed by atoms with Gasteiger partial charge in [0, 0.05) is 31.2 Å². The van der Waals surface area contributed by atoms with Crippen LogP contribution in [0.1, 0.15) is 135 Å². The van der Waals surface area contributed by atoms with Gasteiger partial charge in [0.1, 0.15) is 0 Å². The van der Waals surface area contributed by atoms with E-state index in [1.165, 1.54) is 32.4 Å². The minimum Gasteiger partial charge on any atom is -0.375 e. The van der Waals surface area contributed by atoms with E-state index in [4.69, 9.17) is 4.74 Å². The van der Waals surface area contributed by atoms with Crippen molar-refractivity contribution in [3.63, 3.8) is 0 Å². The van der Waals surface area contributed by atoms with E-state index in [2.05, 4.69) is 99.8 Å². The summed E-state index contributed by atoms with van der Waals surface area (Å²) in [5.41, 5.74) is 0.657. The highest BCUT2D eigenvalue weighted by atomic mass is 16.5. The largest absolute Gasteiger partial charge is 0.375 e. The van der Waals surface area contributed by atoms with E-state index in [0.29, 0.717) is 28.8 Å². The number of nitrogens with zero attached hydrogens (tertiary/aromatic N) is 2. The van der Waals surface area contributed by atoms with Gasteiger partial charge >= 0.3 is 0 Å². The Morgan fingerprint density at radius 1 is 0.919 bits per heavy atom. The zero-order valence-electron chi connectivity index (χ0n) is 27.3. The Labute approximate surface area is 231 Å². The van der Waals surface area contributed by atoms with Crippen LogP contribution in [0.25, 0.3) is 0 Å². The predicted molar refractivity (Wildman–Crippen MR) is 159 cm³/mol. The second kappa shape index (κ2) is 11.5. The van der Waals surface area contributed by atoms with E-state index in [0.717, 1.165) is 38.8 Å². The molecule has 37 heavy (non-hydrogen) atoms. The predicted octanol–water partition coefficient (Wildman–Crippen LogP) is 8.19. The molecule has 1 aliphatic heterocycles. The molecule has 0 aromatic carbocycles. The maximum absolute atomic E-state index is 13.8. The molecule has 0 radical (unpaired) electrons. The Hall–Kier alpha value is -0.610. The number of amides is 1. The van der Waals surface area contributed by atoms with E-state index in [-0.39, 0.29) is 22.5 Å². The Bertz CT molecular complexity index is 759. The van der Waals surface area contributed by atoms with Gasteiger partial charge in [0.05, 0.1) is 5.60 Å². The molecule has 1 amide bonds. The molecule has 2 fully saturated rings. The summed E-state index contributed by atoms with van der Waals surface area (Å²) in [4.78, 5) is 18.5. The minimum atomic E-state index is -0.183. The van der Waals surface area contributed by atoms with Gasteiger partial charge in [-0.15, -0.1) is 0 Å². The topological polar surface area (TPSA) is 32.8 Å². The summed E-state index contributed by atoms with van der Waals surface area (Å²) in [6, 6.07) is 0. The lowest BCUT2D eigenvalue weighted by Crippen LogP contribution is -2.48. The van der Waals surface area contributed by atoms with Gasteiger partial charge in [0.15, 0.2) is 0 Å². The van der Waals surface area contributed by atoms with Crippen molar-refractivity contribution in [3.05, 3.63) is 0 Å². The van der Waals surface area contributed by atoms with Crippen molar-refractivity contribution in [1.29, 1.82) is 0 Å². The van der Waals surface area contributed by atoms with Crippen LogP contribution in [0.15, 0.2) is 0 Å². The molecular formula is C33H64N2O2. The van der Waals surface area contributed by atoms with Crippen molar-refractivity contribution in [3.8, 4) is 0 Å². The van der Waals surface area contributed by atoms with Gasteiger partial charge in [-0.3, -0.25) is 4.79 Å². The van der Waals surface area contributed by atoms with Crippen molar-refractivity contribution in [2.75, 3.05) is 32.8 Å². The van der Waals surface area contributed by atoms with Crippen molar-refractivity contribution in [1.82, 2.24) is 9.80 Å². The Balaban J connectivity index is 1.92. The molecule has 4 nitrogen and oxygen atoms in total. The second-order valence-corrected chi connectivity index (χ2v) is 16.1. The molecule has 0 N–H and O–H groups in total. The molecule has 1 heterocycles. The van der Waals surface area contributed by atoms with Crippen LogP contribution in [0.4, 0.5) is 0 Å². The average molecular weight is 521 g/mol. The van der Waals surface area contributed by atoms with Gasteiger partial charge in [0.2, 0.25) is 5.91 Å². The summed E-state index contributed by atoms with van der Waals surface area (Å²) in [7, 11) is 0. The zero-order chi connectivity index (χ0) is 28.5. The summed E-state index contributed by atoms with van der Waals surface area (Å²) in [6.07, 6.45) is 7.70. The van der Waals surface area contributed by atoms with Crippen LogP contribution >= 0.6 is 0 Å². The highest BCUT2D eigenvalue weighted by Crippen LogP contribution is 2.75. The molecule has 2 aliphatic rings. The van der Waals surface area contributed by atoms with E-state index in [1.54, 1.807) is 0 Å². The first kappa shape index (κ1) is 32.6. The van der Waals surface area contributed by atoms with Crippen molar-refractivity contribution in [2.45, 2.75) is 146 Å². The number of ether oxygens (including phenoxy) is 1. The number of likely N-dealkylation sites (tertiary alicyclic amines) is 1. The van der Waals surface area contributed by atoms with E-state index >= 15 is 0 Å². The maximum atomic E-state index is 13.8. The summed E-state index contributed by atoms with van der Waals surface area (Å²) in [6.45, 7) is 35.2. The fourth-order valence-corrected chi connectivity index (χ4v) is 7.48. The van der Waals surface area contributed by atoms with Crippen LogP contribution in [-0.2, 0) is 9.53 Å². The number of carbonyl (C=O) groups excluding carboxylic acids is 1. The fourth-order valence-electron chi connectivity index (χ4n) is 7.48. The van der Waals surface area contributed by atoms with Crippen LogP contribution in [-0.4, -0.2) is 59.6 Å². The van der Waals surface area contributed by atoms with Gasteiger partial charge in [-0.2, -0.15) is 0 Å². The van der Waals surface area contributed by atoms with Crippen LogP contribution in [0.3, 0.4) is 0 Å². The smallest absolute Gasteiger partial charge is 0.226 e. The number of carbonyl (C=O) groups is 1. The molecule has 3 unspecified atom stereocenters. The number of hydrogen-bond acceptors (Lipinski definition) is 3. The van der Waals surface area contributed by atoms with Crippen LogP contribution in [0.2, 0.25) is 0 Å². The molecule has 1 saturated heterocycles. The molecule has 0 bridgehead atoms. The van der Waals surface area contributed by atoms with E-state index in [9.17, 15) is 4.79 Å². The van der Waals surface area contributed by atoms with E-state index in [1.807, 2.05) is 0 Å². The number of rotatable bonds is 15. The summed E-state index contributed by atoms with van der Waals surface area (Å²) >= 11 is 0. The lowest BCUT2D eigenvalue weighted by Gasteiger charge is -2.40. The number of hydrogen-bond donors (Lipinski definition) is 0. The Kier molecular flexibility index (Phi) is 10.1. The molecule has 0 spiro atoms. The first-order chi connectivity index (χ1) is 16.8. The lowest BCUT2D eigenvalue weighted by molar-refractivity contribution is -0.139. The van der Waals surface area contributed by atoms with Gasteiger partial charge in [-0.05, 0) is 107 Å². The molecule has 0 aromatic heterocycles. The third kappa shape index (κ3) is 7.53. The lowest BCUT2D eigenvalue weighted by atomic mass is 9.66. The quantitative estimate of drug-likeness (QED) is 0.218. The third-order valence-electron chi connectivity index (χ3n) is 10.6. The molecule has 1 aliphatic carbocycles. The molecule has 218 valence electrons. The Morgan fingerprint density at radius 3 is 1.97 bits per heavy atom. The second-order valence-electron chi connectivity index (χ2n) is 16.1. The standard InChI is InChI=1S/C33H64N2O2/c1-14-19-34(20-15-2)22-17-31(10,11)37-23-18-30(8,9)35-21-16-26(27(35)36)29(6,7)24-32(12)25-33(32,13)28(3,4)5/h26H,14-25H2,1-13H3. The third-order valence-corrected chi connectivity index (χ3v) is 10.6. The first-order valence-corrected chi connectivity index (χ1v) is 15.4. The van der Waals surface area contributed by atoms with Crippen LogP contribution in [0, 0.1) is 27.6 Å². The van der Waals surface area contributed by atoms with Crippen molar-refractivity contribution >= 4 is 5.91 Å². The van der Waals surface area contributed by atoms with Gasteiger partial charge in [-0.1, -0.05) is 62.3 Å². The van der Waals surface area contributed by atoms with Crippen LogP contribution < -0.4 is 0 Å². The van der Waals surface area contributed by atoms with Crippen LogP contribution in [0.5, 0.6) is 0 Å². The van der Waals surface area contributed by atoms with Crippen molar-refractivity contribution in [2.24, 2.45) is 27.6 Å². The van der Waals surface area contributed by atoms with Gasteiger partial charge < -0.3 is 14.5 Å². The zero-order valence-corrected chi connectivity index (χ0v) is 27.3. The van der Waals surface area contributed by atoms with E-state index < -0.39 is 0 Å².